The highest BCUT2D eigenvalue weighted by molar-refractivity contribution is 9.09. The van der Waals surface area contributed by atoms with E-state index >= 15 is 0 Å². The first kappa shape index (κ1) is 23.1. The van der Waals surface area contributed by atoms with E-state index in [4.69, 9.17) is 9.47 Å². The Kier molecular flexibility index (Phi) is 22.3. The molecule has 0 aliphatic heterocycles. The van der Waals surface area contributed by atoms with Crippen LogP contribution in [0.4, 0.5) is 0 Å². The zero-order chi connectivity index (χ0) is 16.8. The topological polar surface area (TPSA) is 18.5 Å². The van der Waals surface area contributed by atoms with Crippen LogP contribution >= 0.6 is 15.9 Å². The molecule has 0 fully saturated rings. The predicted molar refractivity (Wildman–Crippen MR) is 105 cm³/mol. The highest BCUT2D eigenvalue weighted by Crippen LogP contribution is 2.12. The van der Waals surface area contributed by atoms with E-state index in [-0.39, 0.29) is 0 Å². The second-order valence-corrected chi connectivity index (χ2v) is 6.94. The first-order chi connectivity index (χ1) is 11.4. The molecule has 0 heterocycles. The standard InChI is InChI=1S/C20H39BrO2/c1-2-22-20-23-19-17-15-13-11-9-7-5-3-4-6-8-10-12-14-16-18-21/h13,15H,2-12,14,16-20H2,1H3. The third-order valence-corrected chi connectivity index (χ3v) is 4.53. The van der Waals surface area contributed by atoms with Crippen LogP contribution in [-0.2, 0) is 9.47 Å². The van der Waals surface area contributed by atoms with E-state index in [0.29, 0.717) is 6.79 Å². The van der Waals surface area contributed by atoms with Gasteiger partial charge in [-0.05, 0) is 32.6 Å². The summed E-state index contributed by atoms with van der Waals surface area (Å²) in [7, 11) is 0. The summed E-state index contributed by atoms with van der Waals surface area (Å²) in [6.07, 6.45) is 22.2. The maximum absolute atomic E-state index is 5.32. The molecular formula is C20H39BrO2. The Morgan fingerprint density at radius 1 is 0.652 bits per heavy atom. The Morgan fingerprint density at radius 2 is 1.17 bits per heavy atom. The van der Waals surface area contributed by atoms with Gasteiger partial charge in [0.2, 0.25) is 0 Å². The molecule has 0 aromatic carbocycles. The first-order valence-corrected chi connectivity index (χ1v) is 10.9. The Labute approximate surface area is 153 Å². The Balaban J connectivity index is 3.02. The van der Waals surface area contributed by atoms with Crippen molar-refractivity contribution in [2.45, 2.75) is 90.4 Å². The van der Waals surface area contributed by atoms with Gasteiger partial charge in [0.05, 0.1) is 6.61 Å². The van der Waals surface area contributed by atoms with E-state index in [1.807, 2.05) is 6.92 Å². The van der Waals surface area contributed by atoms with E-state index in [2.05, 4.69) is 28.1 Å². The summed E-state index contributed by atoms with van der Waals surface area (Å²) < 4.78 is 10.4. The summed E-state index contributed by atoms with van der Waals surface area (Å²) in [5.74, 6) is 0. The lowest BCUT2D eigenvalue weighted by atomic mass is 10.1. The summed E-state index contributed by atoms with van der Waals surface area (Å²) in [5, 5.41) is 1.17. The van der Waals surface area contributed by atoms with Gasteiger partial charge in [-0.25, -0.2) is 0 Å². The summed E-state index contributed by atoms with van der Waals surface area (Å²) >= 11 is 3.49. The second-order valence-electron chi connectivity index (χ2n) is 6.15. The minimum Gasteiger partial charge on any atom is -0.356 e. The number of alkyl halides is 1. The SMILES string of the molecule is CCOCOCCC=CCCCCCCCCCCCCCBr. The molecule has 0 radical (unpaired) electrons. The second kappa shape index (κ2) is 22.1. The summed E-state index contributed by atoms with van der Waals surface area (Å²) in [6.45, 7) is 3.91. The van der Waals surface area contributed by atoms with Gasteiger partial charge in [-0.3, -0.25) is 0 Å². The molecule has 0 rings (SSSR count). The number of rotatable bonds is 19. The number of hydrogen-bond acceptors (Lipinski definition) is 2. The maximum atomic E-state index is 5.32. The van der Waals surface area contributed by atoms with Crippen LogP contribution < -0.4 is 0 Å². The van der Waals surface area contributed by atoms with Crippen molar-refractivity contribution >= 4 is 15.9 Å². The molecule has 23 heavy (non-hydrogen) atoms. The molecule has 0 bridgehead atoms. The van der Waals surface area contributed by atoms with E-state index in [1.54, 1.807) is 0 Å². The molecule has 0 aromatic heterocycles. The van der Waals surface area contributed by atoms with Crippen molar-refractivity contribution in [1.82, 2.24) is 0 Å². The van der Waals surface area contributed by atoms with Gasteiger partial charge in [-0.1, -0.05) is 85.9 Å². The average molecular weight is 391 g/mol. The van der Waals surface area contributed by atoms with Crippen molar-refractivity contribution < 1.29 is 9.47 Å². The highest BCUT2D eigenvalue weighted by atomic mass is 79.9. The predicted octanol–water partition coefficient (Wildman–Crippen LogP) is 7.02. The van der Waals surface area contributed by atoms with E-state index < -0.39 is 0 Å². The van der Waals surface area contributed by atoms with Gasteiger partial charge in [0.25, 0.3) is 0 Å². The first-order valence-electron chi connectivity index (χ1n) is 9.78. The van der Waals surface area contributed by atoms with Crippen LogP contribution in [0, 0.1) is 0 Å². The molecule has 0 aromatic rings. The van der Waals surface area contributed by atoms with Crippen molar-refractivity contribution in [3.05, 3.63) is 12.2 Å². The minimum absolute atomic E-state index is 0.432. The van der Waals surface area contributed by atoms with Crippen LogP contribution in [0.1, 0.15) is 90.4 Å². The van der Waals surface area contributed by atoms with Gasteiger partial charge in [-0.2, -0.15) is 0 Å². The van der Waals surface area contributed by atoms with Crippen molar-refractivity contribution in [3.63, 3.8) is 0 Å². The molecule has 2 nitrogen and oxygen atoms in total. The molecule has 0 aliphatic carbocycles. The highest BCUT2D eigenvalue weighted by Gasteiger charge is 1.93. The lowest BCUT2D eigenvalue weighted by Crippen LogP contribution is -1.99. The van der Waals surface area contributed by atoms with Gasteiger partial charge in [-0.15, -0.1) is 0 Å². The lowest BCUT2D eigenvalue weighted by Gasteiger charge is -2.02. The van der Waals surface area contributed by atoms with Gasteiger partial charge >= 0.3 is 0 Å². The van der Waals surface area contributed by atoms with Crippen LogP contribution in [0.25, 0.3) is 0 Å². The van der Waals surface area contributed by atoms with E-state index in [0.717, 1.165) is 19.6 Å². The normalized spacial score (nSPS) is 11.6. The molecule has 0 aliphatic rings. The monoisotopic (exact) mass is 390 g/mol. The minimum atomic E-state index is 0.432. The van der Waals surface area contributed by atoms with Crippen molar-refractivity contribution in [1.29, 1.82) is 0 Å². The molecule has 0 unspecified atom stereocenters. The van der Waals surface area contributed by atoms with Crippen LogP contribution in [0.2, 0.25) is 0 Å². The zero-order valence-electron chi connectivity index (χ0n) is 15.4. The Bertz CT molecular complexity index is 232. The van der Waals surface area contributed by atoms with Gasteiger partial charge in [0.15, 0.2) is 0 Å². The summed E-state index contributed by atoms with van der Waals surface area (Å²) in [4.78, 5) is 0. The molecule has 0 atom stereocenters. The fraction of sp³-hybridized carbons (Fsp3) is 0.900. The molecule has 138 valence electrons. The third kappa shape index (κ3) is 22.1. The molecular weight excluding hydrogens is 352 g/mol. The molecule has 0 saturated carbocycles. The van der Waals surface area contributed by atoms with Crippen LogP contribution in [0.3, 0.4) is 0 Å². The average Bonchev–Trinajstić information content (AvgIpc) is 2.57. The smallest absolute Gasteiger partial charge is 0.146 e. The quantitative estimate of drug-likeness (QED) is 0.102. The molecule has 0 spiro atoms. The fourth-order valence-corrected chi connectivity index (χ4v) is 2.93. The Hall–Kier alpha value is 0.140. The number of ether oxygens (including phenoxy) is 2. The lowest BCUT2D eigenvalue weighted by molar-refractivity contribution is -0.0476. The van der Waals surface area contributed by atoms with Gasteiger partial charge in [0, 0.05) is 11.9 Å². The largest absolute Gasteiger partial charge is 0.356 e. The van der Waals surface area contributed by atoms with Crippen molar-refractivity contribution in [2.75, 3.05) is 25.3 Å². The van der Waals surface area contributed by atoms with Crippen LogP contribution in [0.5, 0.6) is 0 Å². The van der Waals surface area contributed by atoms with Gasteiger partial charge < -0.3 is 9.47 Å². The molecule has 0 N–H and O–H groups in total. The number of allylic oxidation sites excluding steroid dienone is 1. The number of unbranched alkanes of at least 4 members (excludes halogenated alkanes) is 11. The number of hydrogen-bond donors (Lipinski definition) is 0. The summed E-state index contributed by atoms with van der Waals surface area (Å²) in [5.41, 5.74) is 0. The van der Waals surface area contributed by atoms with Crippen LogP contribution in [0.15, 0.2) is 12.2 Å². The fourth-order valence-electron chi connectivity index (χ4n) is 2.54. The number of halogens is 1. The van der Waals surface area contributed by atoms with Gasteiger partial charge in [0.1, 0.15) is 6.79 Å². The maximum Gasteiger partial charge on any atom is 0.146 e. The summed E-state index contributed by atoms with van der Waals surface area (Å²) in [6, 6.07) is 0. The van der Waals surface area contributed by atoms with Crippen molar-refractivity contribution in [2.24, 2.45) is 0 Å². The molecule has 0 saturated heterocycles. The van der Waals surface area contributed by atoms with E-state index in [9.17, 15) is 0 Å². The third-order valence-electron chi connectivity index (χ3n) is 3.97. The molecule has 3 heteroatoms. The zero-order valence-corrected chi connectivity index (χ0v) is 17.0. The van der Waals surface area contributed by atoms with Crippen molar-refractivity contribution in [3.8, 4) is 0 Å². The van der Waals surface area contributed by atoms with Crippen LogP contribution in [-0.4, -0.2) is 25.3 Å². The Morgan fingerprint density at radius 3 is 1.74 bits per heavy atom. The molecule has 0 amide bonds. The van der Waals surface area contributed by atoms with E-state index in [1.165, 1.54) is 82.4 Å².